The van der Waals surface area contributed by atoms with Gasteiger partial charge >= 0.3 is 0 Å². The molecule has 1 amide bonds. The van der Waals surface area contributed by atoms with E-state index in [0.29, 0.717) is 46.6 Å². The van der Waals surface area contributed by atoms with Crippen LogP contribution in [0, 0.1) is 12.8 Å². The average molecular weight is 515 g/mol. The van der Waals surface area contributed by atoms with Gasteiger partial charge in [-0.25, -0.2) is 0 Å². The number of aryl methyl sites for hydroxylation is 1. The molecule has 188 valence electrons. The van der Waals surface area contributed by atoms with Gasteiger partial charge in [-0.3, -0.25) is 14.5 Å². The van der Waals surface area contributed by atoms with Gasteiger partial charge in [-0.15, -0.1) is 0 Å². The maximum atomic E-state index is 13.2. The highest BCUT2D eigenvalue weighted by molar-refractivity contribution is 6.31. The lowest BCUT2D eigenvalue weighted by atomic mass is 9.96. The van der Waals surface area contributed by atoms with Gasteiger partial charge in [0.2, 0.25) is 17.6 Å². The SMILES string of the molecule is Cc1ccc(-c2noc(CN3CCCC(C(=O)Nc4ccc(Cl)cc4C(=O)c4ccccc4)C3)n2)cc1. The Labute approximate surface area is 220 Å². The molecule has 8 heteroatoms. The van der Waals surface area contributed by atoms with Crippen molar-refractivity contribution < 1.29 is 14.1 Å². The second kappa shape index (κ2) is 11.1. The average Bonchev–Trinajstić information content (AvgIpc) is 3.38. The number of nitrogens with zero attached hydrogens (tertiary/aromatic N) is 3. The predicted octanol–water partition coefficient (Wildman–Crippen LogP) is 5.78. The first kappa shape index (κ1) is 24.9. The first-order valence-corrected chi connectivity index (χ1v) is 12.7. The molecule has 1 atom stereocenters. The van der Waals surface area contributed by atoms with Crippen molar-refractivity contribution in [3.63, 3.8) is 0 Å². The summed E-state index contributed by atoms with van der Waals surface area (Å²) < 4.78 is 5.49. The Morgan fingerprint density at radius 1 is 1.08 bits per heavy atom. The van der Waals surface area contributed by atoms with Gasteiger partial charge in [-0.05, 0) is 44.5 Å². The molecule has 1 aliphatic heterocycles. The van der Waals surface area contributed by atoms with E-state index in [1.807, 2.05) is 37.3 Å². The van der Waals surface area contributed by atoms with Crippen LogP contribution in [0.4, 0.5) is 5.69 Å². The smallest absolute Gasteiger partial charge is 0.241 e. The number of likely N-dealkylation sites (tertiary alicyclic amines) is 1. The number of hydrogen-bond donors (Lipinski definition) is 1. The van der Waals surface area contributed by atoms with E-state index in [0.717, 1.165) is 24.9 Å². The molecule has 0 aliphatic carbocycles. The third-order valence-electron chi connectivity index (χ3n) is 6.53. The maximum Gasteiger partial charge on any atom is 0.241 e. The van der Waals surface area contributed by atoms with E-state index in [1.54, 1.807) is 42.5 Å². The van der Waals surface area contributed by atoms with Crippen molar-refractivity contribution >= 4 is 29.0 Å². The molecule has 1 unspecified atom stereocenters. The van der Waals surface area contributed by atoms with Gasteiger partial charge in [0.1, 0.15) is 0 Å². The van der Waals surface area contributed by atoms with E-state index < -0.39 is 0 Å². The predicted molar refractivity (Wildman–Crippen MR) is 142 cm³/mol. The monoisotopic (exact) mass is 514 g/mol. The number of carbonyl (C=O) groups excluding carboxylic acids is 2. The summed E-state index contributed by atoms with van der Waals surface area (Å²) in [5, 5.41) is 7.53. The number of anilines is 1. The van der Waals surface area contributed by atoms with E-state index in [-0.39, 0.29) is 17.6 Å². The van der Waals surface area contributed by atoms with Crippen LogP contribution in [0.2, 0.25) is 5.02 Å². The van der Waals surface area contributed by atoms with Crippen LogP contribution in [0.3, 0.4) is 0 Å². The number of amides is 1. The van der Waals surface area contributed by atoms with Crippen LogP contribution >= 0.6 is 11.6 Å². The van der Waals surface area contributed by atoms with Crippen LogP contribution in [-0.4, -0.2) is 39.8 Å². The van der Waals surface area contributed by atoms with Crippen LogP contribution in [0.25, 0.3) is 11.4 Å². The lowest BCUT2D eigenvalue weighted by molar-refractivity contribution is -0.121. The molecule has 2 heterocycles. The minimum atomic E-state index is -0.233. The second-order valence-electron chi connectivity index (χ2n) is 9.33. The van der Waals surface area contributed by atoms with Crippen LogP contribution < -0.4 is 5.32 Å². The molecule has 0 bridgehead atoms. The lowest BCUT2D eigenvalue weighted by Gasteiger charge is -2.31. The van der Waals surface area contributed by atoms with Gasteiger partial charge in [0.05, 0.1) is 18.2 Å². The van der Waals surface area contributed by atoms with Crippen LogP contribution in [0.1, 0.15) is 40.2 Å². The molecule has 1 saturated heterocycles. The van der Waals surface area contributed by atoms with E-state index in [4.69, 9.17) is 16.1 Å². The summed E-state index contributed by atoms with van der Waals surface area (Å²) in [6.07, 6.45) is 1.63. The molecule has 0 radical (unpaired) electrons. The van der Waals surface area contributed by atoms with Crippen molar-refractivity contribution in [1.82, 2.24) is 15.0 Å². The number of hydrogen-bond acceptors (Lipinski definition) is 6. The molecule has 0 saturated carbocycles. The Morgan fingerprint density at radius 3 is 2.65 bits per heavy atom. The first-order chi connectivity index (χ1) is 18.0. The van der Waals surface area contributed by atoms with Gasteiger partial charge < -0.3 is 9.84 Å². The highest BCUT2D eigenvalue weighted by Crippen LogP contribution is 2.26. The van der Waals surface area contributed by atoms with Crippen molar-refractivity contribution in [2.24, 2.45) is 5.92 Å². The molecule has 0 spiro atoms. The van der Waals surface area contributed by atoms with Gasteiger partial charge in [0.15, 0.2) is 5.78 Å². The van der Waals surface area contributed by atoms with E-state index in [2.05, 4.69) is 20.4 Å². The molecular formula is C29H27ClN4O3. The normalized spacial score (nSPS) is 15.9. The Bertz CT molecular complexity index is 1400. The standard InChI is InChI=1S/C29H27ClN4O3/c1-19-9-11-21(12-10-19)28-32-26(37-33-28)18-34-15-5-8-22(17-34)29(36)31-25-14-13-23(30)16-24(25)27(35)20-6-3-2-4-7-20/h2-4,6-7,9-14,16,22H,5,8,15,17-18H2,1H3,(H,31,36). The molecular weight excluding hydrogens is 488 g/mol. The molecule has 1 aromatic heterocycles. The third-order valence-corrected chi connectivity index (χ3v) is 6.77. The van der Waals surface area contributed by atoms with Gasteiger partial charge in [0, 0.05) is 28.3 Å². The zero-order valence-electron chi connectivity index (χ0n) is 20.5. The summed E-state index contributed by atoms with van der Waals surface area (Å²) >= 11 is 6.19. The molecule has 3 aromatic carbocycles. The quantitative estimate of drug-likeness (QED) is 0.314. The summed E-state index contributed by atoms with van der Waals surface area (Å²) in [4.78, 5) is 33.0. The molecule has 1 N–H and O–H groups in total. The van der Waals surface area contributed by atoms with E-state index >= 15 is 0 Å². The fourth-order valence-electron chi connectivity index (χ4n) is 4.54. The largest absolute Gasteiger partial charge is 0.338 e. The number of carbonyl (C=O) groups is 2. The lowest BCUT2D eigenvalue weighted by Crippen LogP contribution is -2.40. The zero-order chi connectivity index (χ0) is 25.8. The summed E-state index contributed by atoms with van der Waals surface area (Å²) in [6.45, 7) is 3.90. The summed E-state index contributed by atoms with van der Waals surface area (Å²) in [7, 11) is 0. The molecule has 1 aliphatic rings. The molecule has 5 rings (SSSR count). The number of nitrogens with one attached hydrogen (secondary N) is 1. The first-order valence-electron chi connectivity index (χ1n) is 12.3. The Hall–Kier alpha value is -3.81. The highest BCUT2D eigenvalue weighted by Gasteiger charge is 2.28. The molecule has 37 heavy (non-hydrogen) atoms. The highest BCUT2D eigenvalue weighted by atomic mass is 35.5. The molecule has 4 aromatic rings. The Morgan fingerprint density at radius 2 is 1.86 bits per heavy atom. The van der Waals surface area contributed by atoms with Crippen LogP contribution in [0.5, 0.6) is 0 Å². The number of piperidine rings is 1. The van der Waals surface area contributed by atoms with Crippen LogP contribution in [0.15, 0.2) is 77.3 Å². The second-order valence-corrected chi connectivity index (χ2v) is 9.76. The number of halogens is 1. The van der Waals surface area contributed by atoms with Crippen molar-refractivity contribution in [3.05, 3.63) is 100 Å². The van der Waals surface area contributed by atoms with Crippen molar-refractivity contribution in [3.8, 4) is 11.4 Å². The summed E-state index contributed by atoms with van der Waals surface area (Å²) in [6, 6.07) is 21.9. The van der Waals surface area contributed by atoms with Crippen molar-refractivity contribution in [1.29, 1.82) is 0 Å². The van der Waals surface area contributed by atoms with Gasteiger partial charge in [-0.2, -0.15) is 4.98 Å². The Kier molecular flexibility index (Phi) is 7.44. The third kappa shape index (κ3) is 5.96. The van der Waals surface area contributed by atoms with Gasteiger partial charge in [-0.1, -0.05) is 76.9 Å². The topological polar surface area (TPSA) is 88.3 Å². The zero-order valence-corrected chi connectivity index (χ0v) is 21.2. The maximum absolute atomic E-state index is 13.2. The fraction of sp³-hybridized carbons (Fsp3) is 0.241. The number of aromatic nitrogens is 2. The number of benzene rings is 3. The van der Waals surface area contributed by atoms with Crippen molar-refractivity contribution in [2.75, 3.05) is 18.4 Å². The summed E-state index contributed by atoms with van der Waals surface area (Å²) in [5.41, 5.74) is 3.43. The fourth-order valence-corrected chi connectivity index (χ4v) is 4.71. The number of rotatable bonds is 7. The van der Waals surface area contributed by atoms with Crippen LogP contribution in [-0.2, 0) is 11.3 Å². The van der Waals surface area contributed by atoms with E-state index in [1.165, 1.54) is 5.56 Å². The minimum absolute atomic E-state index is 0.125. The Balaban J connectivity index is 1.25. The van der Waals surface area contributed by atoms with E-state index in [9.17, 15) is 9.59 Å². The van der Waals surface area contributed by atoms with Crippen molar-refractivity contribution in [2.45, 2.75) is 26.3 Å². The summed E-state index contributed by atoms with van der Waals surface area (Å²) in [5.74, 6) is 0.526. The van der Waals surface area contributed by atoms with Gasteiger partial charge in [0.25, 0.3) is 0 Å². The minimum Gasteiger partial charge on any atom is -0.338 e. The number of ketones is 1. The molecule has 1 fully saturated rings. The molecule has 7 nitrogen and oxygen atoms in total.